The van der Waals surface area contributed by atoms with Crippen LogP contribution in [0.15, 0.2) is 12.1 Å². The second kappa shape index (κ2) is 3.90. The predicted molar refractivity (Wildman–Crippen MR) is 47.0 cm³/mol. The lowest BCUT2D eigenvalue weighted by molar-refractivity contribution is 0.406. The van der Waals surface area contributed by atoms with Crippen molar-refractivity contribution in [2.24, 2.45) is 0 Å². The fraction of sp³-hybridized carbons (Fsp3) is 0.300. The van der Waals surface area contributed by atoms with Crippen LogP contribution >= 0.6 is 0 Å². The topological polar surface area (TPSA) is 33.0 Å². The monoisotopic (exact) mass is 179 g/mol. The van der Waals surface area contributed by atoms with E-state index in [1.165, 1.54) is 19.2 Å². The number of nitriles is 1. The van der Waals surface area contributed by atoms with E-state index >= 15 is 0 Å². The van der Waals surface area contributed by atoms with Crippen LogP contribution in [0.25, 0.3) is 0 Å². The molecule has 13 heavy (non-hydrogen) atoms. The summed E-state index contributed by atoms with van der Waals surface area (Å²) in [6.45, 7) is 1.90. The zero-order valence-electron chi connectivity index (χ0n) is 7.60. The SMILES string of the molecule is CCc1c(C#N)cc(F)cc1OC. The molecule has 0 fully saturated rings. The molecule has 2 nitrogen and oxygen atoms in total. The van der Waals surface area contributed by atoms with E-state index in [-0.39, 0.29) is 0 Å². The van der Waals surface area contributed by atoms with E-state index in [4.69, 9.17) is 10.00 Å². The van der Waals surface area contributed by atoms with E-state index in [9.17, 15) is 4.39 Å². The van der Waals surface area contributed by atoms with Crippen LogP contribution < -0.4 is 4.74 Å². The van der Waals surface area contributed by atoms with E-state index in [1.807, 2.05) is 13.0 Å². The van der Waals surface area contributed by atoms with Crippen molar-refractivity contribution in [3.05, 3.63) is 29.1 Å². The lowest BCUT2D eigenvalue weighted by atomic mass is 10.0. The molecule has 0 heterocycles. The Bertz CT molecular complexity index is 355. The van der Waals surface area contributed by atoms with Crippen molar-refractivity contribution < 1.29 is 9.13 Å². The Hall–Kier alpha value is -1.56. The molecule has 0 aromatic heterocycles. The van der Waals surface area contributed by atoms with Gasteiger partial charge in [0.1, 0.15) is 11.6 Å². The first-order chi connectivity index (χ1) is 6.22. The third-order valence-corrected chi connectivity index (χ3v) is 1.87. The third kappa shape index (κ3) is 1.78. The Morgan fingerprint density at radius 3 is 2.69 bits per heavy atom. The molecular weight excluding hydrogens is 169 g/mol. The second-order valence-electron chi connectivity index (χ2n) is 2.60. The summed E-state index contributed by atoms with van der Waals surface area (Å²) in [6.07, 6.45) is 0.659. The lowest BCUT2D eigenvalue weighted by Gasteiger charge is -2.07. The molecule has 1 rings (SSSR count). The van der Waals surface area contributed by atoms with Gasteiger partial charge in [-0.05, 0) is 12.5 Å². The quantitative estimate of drug-likeness (QED) is 0.697. The van der Waals surface area contributed by atoms with Gasteiger partial charge in [0.25, 0.3) is 0 Å². The number of hydrogen-bond acceptors (Lipinski definition) is 2. The van der Waals surface area contributed by atoms with Gasteiger partial charge < -0.3 is 4.74 Å². The number of ether oxygens (including phenoxy) is 1. The number of benzene rings is 1. The molecule has 1 aromatic rings. The highest BCUT2D eigenvalue weighted by Crippen LogP contribution is 2.23. The number of rotatable bonds is 2. The number of halogens is 1. The molecule has 1 aromatic carbocycles. The number of hydrogen-bond donors (Lipinski definition) is 0. The smallest absolute Gasteiger partial charge is 0.128 e. The Labute approximate surface area is 76.6 Å². The summed E-state index contributed by atoms with van der Waals surface area (Å²) in [5.41, 5.74) is 1.10. The molecule has 0 bridgehead atoms. The first-order valence-corrected chi connectivity index (χ1v) is 3.99. The van der Waals surface area contributed by atoms with Gasteiger partial charge in [0.05, 0.1) is 18.7 Å². The van der Waals surface area contributed by atoms with Crippen LogP contribution in [0.2, 0.25) is 0 Å². The maximum Gasteiger partial charge on any atom is 0.128 e. The van der Waals surface area contributed by atoms with E-state index in [0.29, 0.717) is 17.7 Å². The van der Waals surface area contributed by atoms with Gasteiger partial charge in [-0.1, -0.05) is 6.92 Å². The van der Waals surface area contributed by atoms with E-state index in [2.05, 4.69) is 0 Å². The first kappa shape index (κ1) is 9.53. The fourth-order valence-electron chi connectivity index (χ4n) is 1.26. The standard InChI is InChI=1S/C10H10FNO/c1-3-9-7(6-12)4-8(11)5-10(9)13-2/h4-5H,3H2,1-2H3. The van der Waals surface area contributed by atoms with Gasteiger partial charge in [-0.25, -0.2) is 4.39 Å². The van der Waals surface area contributed by atoms with Crippen LogP contribution in [0.1, 0.15) is 18.1 Å². The van der Waals surface area contributed by atoms with Gasteiger partial charge in [0, 0.05) is 11.6 Å². The molecule has 0 aliphatic rings. The summed E-state index contributed by atoms with van der Waals surface area (Å²) < 4.78 is 17.9. The Balaban J connectivity index is 3.36. The zero-order valence-corrected chi connectivity index (χ0v) is 7.60. The van der Waals surface area contributed by atoms with E-state index in [0.717, 1.165) is 5.56 Å². The molecule has 0 saturated heterocycles. The van der Waals surface area contributed by atoms with Gasteiger partial charge in [0.15, 0.2) is 0 Å². The molecule has 0 unspecified atom stereocenters. The molecule has 0 atom stereocenters. The van der Waals surface area contributed by atoms with Gasteiger partial charge in [0.2, 0.25) is 0 Å². The minimum atomic E-state index is -0.439. The van der Waals surface area contributed by atoms with Crippen LogP contribution in [-0.4, -0.2) is 7.11 Å². The second-order valence-corrected chi connectivity index (χ2v) is 2.60. The molecule has 0 amide bonds. The predicted octanol–water partition coefficient (Wildman–Crippen LogP) is 2.27. The van der Waals surface area contributed by atoms with Crippen LogP contribution in [-0.2, 0) is 6.42 Å². The molecule has 0 aliphatic carbocycles. The minimum absolute atomic E-state index is 0.347. The third-order valence-electron chi connectivity index (χ3n) is 1.87. The largest absolute Gasteiger partial charge is 0.496 e. The highest BCUT2D eigenvalue weighted by molar-refractivity contribution is 5.47. The molecule has 68 valence electrons. The molecule has 0 radical (unpaired) electrons. The van der Waals surface area contributed by atoms with Crippen LogP contribution in [0.4, 0.5) is 4.39 Å². The van der Waals surface area contributed by atoms with Crippen molar-refractivity contribution >= 4 is 0 Å². The molecule has 0 aliphatic heterocycles. The molecule has 3 heteroatoms. The summed E-state index contributed by atoms with van der Waals surface area (Å²) in [5.74, 6) is 0.00431. The van der Waals surface area contributed by atoms with Crippen LogP contribution in [0.5, 0.6) is 5.75 Å². The Morgan fingerprint density at radius 2 is 2.23 bits per heavy atom. The number of methoxy groups -OCH3 is 1. The van der Waals surface area contributed by atoms with Crippen molar-refractivity contribution in [3.8, 4) is 11.8 Å². The lowest BCUT2D eigenvalue weighted by Crippen LogP contribution is -1.95. The first-order valence-electron chi connectivity index (χ1n) is 3.99. The van der Waals surface area contributed by atoms with Gasteiger partial charge in [-0.3, -0.25) is 0 Å². The van der Waals surface area contributed by atoms with Crippen LogP contribution in [0.3, 0.4) is 0 Å². The van der Waals surface area contributed by atoms with Crippen molar-refractivity contribution in [1.29, 1.82) is 5.26 Å². The maximum atomic E-state index is 12.9. The van der Waals surface area contributed by atoms with Crippen molar-refractivity contribution in [1.82, 2.24) is 0 Å². The van der Waals surface area contributed by atoms with Crippen LogP contribution in [0, 0.1) is 17.1 Å². The van der Waals surface area contributed by atoms with Gasteiger partial charge in [-0.15, -0.1) is 0 Å². The molecule has 0 N–H and O–H groups in total. The average Bonchev–Trinajstić information content (AvgIpc) is 2.16. The Kier molecular flexibility index (Phi) is 2.86. The van der Waals surface area contributed by atoms with E-state index in [1.54, 1.807) is 0 Å². The Morgan fingerprint density at radius 1 is 1.54 bits per heavy atom. The van der Waals surface area contributed by atoms with Crippen molar-refractivity contribution in [2.75, 3.05) is 7.11 Å². The summed E-state index contributed by atoms with van der Waals surface area (Å²) >= 11 is 0. The highest BCUT2D eigenvalue weighted by atomic mass is 19.1. The van der Waals surface area contributed by atoms with E-state index < -0.39 is 5.82 Å². The highest BCUT2D eigenvalue weighted by Gasteiger charge is 2.09. The summed E-state index contributed by atoms with van der Waals surface area (Å²) in [6, 6.07) is 4.46. The summed E-state index contributed by atoms with van der Waals surface area (Å²) in [5, 5.41) is 8.72. The zero-order chi connectivity index (χ0) is 9.84. The van der Waals surface area contributed by atoms with Gasteiger partial charge >= 0.3 is 0 Å². The molecular formula is C10H10FNO. The van der Waals surface area contributed by atoms with Crippen molar-refractivity contribution in [2.45, 2.75) is 13.3 Å². The van der Waals surface area contributed by atoms with Crippen molar-refractivity contribution in [3.63, 3.8) is 0 Å². The minimum Gasteiger partial charge on any atom is -0.496 e. The molecule has 0 saturated carbocycles. The van der Waals surface area contributed by atoms with Gasteiger partial charge in [-0.2, -0.15) is 5.26 Å². The average molecular weight is 179 g/mol. The summed E-state index contributed by atoms with van der Waals surface area (Å²) in [7, 11) is 1.47. The normalized spacial score (nSPS) is 9.38. The summed E-state index contributed by atoms with van der Waals surface area (Å²) in [4.78, 5) is 0. The molecule has 0 spiro atoms. The number of nitrogens with zero attached hydrogens (tertiary/aromatic N) is 1. The maximum absolute atomic E-state index is 12.9. The fourth-order valence-corrected chi connectivity index (χ4v) is 1.26.